The van der Waals surface area contributed by atoms with Crippen molar-refractivity contribution in [1.82, 2.24) is 4.90 Å². The first kappa shape index (κ1) is 14.9. The molecule has 15 heavy (non-hydrogen) atoms. The maximum absolute atomic E-state index is 5.44. The molecule has 0 radical (unpaired) electrons. The number of unbranched alkanes of at least 4 members (excludes halogenated alkanes) is 4. The third kappa shape index (κ3) is 11.8. The zero-order valence-electron chi connectivity index (χ0n) is 10.5. The van der Waals surface area contributed by atoms with Crippen molar-refractivity contribution in [3.63, 3.8) is 0 Å². The van der Waals surface area contributed by atoms with Gasteiger partial charge in [0.1, 0.15) is 0 Å². The number of hydrogen-bond acceptors (Lipinski definition) is 3. The zero-order valence-corrected chi connectivity index (χ0v) is 10.5. The standard InChI is InChI=1S/C12H28N2O/c1-14(11-8-12-15-2)10-7-5-3-4-6-9-13/h3-13H2,1-2H3. The van der Waals surface area contributed by atoms with Crippen LogP contribution in [0.3, 0.4) is 0 Å². The van der Waals surface area contributed by atoms with E-state index in [0.717, 1.165) is 26.1 Å². The Morgan fingerprint density at radius 2 is 1.53 bits per heavy atom. The summed E-state index contributed by atoms with van der Waals surface area (Å²) in [6.07, 6.45) is 7.61. The van der Waals surface area contributed by atoms with Gasteiger partial charge in [-0.1, -0.05) is 19.3 Å². The summed E-state index contributed by atoms with van der Waals surface area (Å²) in [5.74, 6) is 0. The fourth-order valence-electron chi connectivity index (χ4n) is 1.65. The van der Waals surface area contributed by atoms with Gasteiger partial charge in [-0.2, -0.15) is 0 Å². The van der Waals surface area contributed by atoms with E-state index in [0.29, 0.717) is 0 Å². The van der Waals surface area contributed by atoms with Crippen LogP contribution in [-0.2, 0) is 4.74 Å². The molecule has 0 rings (SSSR count). The van der Waals surface area contributed by atoms with E-state index in [4.69, 9.17) is 10.5 Å². The van der Waals surface area contributed by atoms with Crippen LogP contribution in [-0.4, -0.2) is 45.3 Å². The Balaban J connectivity index is 3.06. The second kappa shape index (κ2) is 12.0. The molecule has 92 valence electrons. The number of hydrogen-bond donors (Lipinski definition) is 1. The van der Waals surface area contributed by atoms with Crippen LogP contribution in [0.25, 0.3) is 0 Å². The summed E-state index contributed by atoms with van der Waals surface area (Å²) < 4.78 is 5.02. The van der Waals surface area contributed by atoms with Crippen molar-refractivity contribution in [3.05, 3.63) is 0 Å². The summed E-state index contributed by atoms with van der Waals surface area (Å²) in [4.78, 5) is 2.39. The molecule has 0 aromatic carbocycles. The lowest BCUT2D eigenvalue weighted by molar-refractivity contribution is 0.179. The summed E-state index contributed by atoms with van der Waals surface area (Å²) >= 11 is 0. The number of nitrogens with two attached hydrogens (primary N) is 1. The Hall–Kier alpha value is -0.120. The van der Waals surface area contributed by atoms with E-state index in [2.05, 4.69) is 11.9 Å². The van der Waals surface area contributed by atoms with Crippen LogP contribution < -0.4 is 5.73 Å². The molecule has 0 spiro atoms. The van der Waals surface area contributed by atoms with Gasteiger partial charge >= 0.3 is 0 Å². The highest BCUT2D eigenvalue weighted by Crippen LogP contribution is 2.03. The van der Waals surface area contributed by atoms with Gasteiger partial charge < -0.3 is 15.4 Å². The average Bonchev–Trinajstić information content (AvgIpc) is 2.23. The summed E-state index contributed by atoms with van der Waals surface area (Å²) in [6, 6.07) is 0. The Morgan fingerprint density at radius 3 is 2.20 bits per heavy atom. The van der Waals surface area contributed by atoms with Gasteiger partial charge in [0.2, 0.25) is 0 Å². The van der Waals surface area contributed by atoms with Crippen LogP contribution in [0.15, 0.2) is 0 Å². The SMILES string of the molecule is COCCCN(C)CCCCCCCN. The molecule has 0 fully saturated rings. The number of nitrogens with zero attached hydrogens (tertiary/aromatic N) is 1. The first-order valence-electron chi connectivity index (χ1n) is 6.18. The second-order valence-electron chi connectivity index (χ2n) is 4.21. The third-order valence-corrected chi connectivity index (χ3v) is 2.63. The van der Waals surface area contributed by atoms with Gasteiger partial charge in [0.15, 0.2) is 0 Å². The number of ether oxygens (including phenoxy) is 1. The molecule has 0 aromatic rings. The van der Waals surface area contributed by atoms with Gasteiger partial charge in [-0.15, -0.1) is 0 Å². The highest BCUT2D eigenvalue weighted by Gasteiger charge is 1.97. The van der Waals surface area contributed by atoms with Crippen molar-refractivity contribution in [2.45, 2.75) is 38.5 Å². The molecule has 0 saturated heterocycles. The van der Waals surface area contributed by atoms with Gasteiger partial charge in [0, 0.05) is 20.3 Å². The molecule has 0 aliphatic carbocycles. The van der Waals surface area contributed by atoms with Crippen LogP contribution in [0.2, 0.25) is 0 Å². The van der Waals surface area contributed by atoms with E-state index in [1.54, 1.807) is 7.11 Å². The van der Waals surface area contributed by atoms with Crippen LogP contribution >= 0.6 is 0 Å². The Morgan fingerprint density at radius 1 is 0.933 bits per heavy atom. The first-order chi connectivity index (χ1) is 7.31. The summed E-state index contributed by atoms with van der Waals surface area (Å²) in [5.41, 5.74) is 5.44. The van der Waals surface area contributed by atoms with Crippen molar-refractivity contribution < 1.29 is 4.74 Å². The third-order valence-electron chi connectivity index (χ3n) is 2.63. The van der Waals surface area contributed by atoms with Crippen molar-refractivity contribution in [3.8, 4) is 0 Å². The molecule has 0 aliphatic rings. The largest absolute Gasteiger partial charge is 0.385 e. The lowest BCUT2D eigenvalue weighted by Gasteiger charge is -2.15. The molecule has 0 bridgehead atoms. The minimum atomic E-state index is 0.844. The molecule has 0 atom stereocenters. The molecule has 0 unspecified atom stereocenters. The van der Waals surface area contributed by atoms with Crippen molar-refractivity contribution in [1.29, 1.82) is 0 Å². The maximum Gasteiger partial charge on any atom is 0.0474 e. The molecule has 0 saturated carbocycles. The fraction of sp³-hybridized carbons (Fsp3) is 1.00. The van der Waals surface area contributed by atoms with Crippen LogP contribution in [0.1, 0.15) is 38.5 Å². The predicted molar refractivity (Wildman–Crippen MR) is 66.1 cm³/mol. The van der Waals surface area contributed by atoms with Gasteiger partial charge in [-0.3, -0.25) is 0 Å². The molecule has 3 heteroatoms. The molecule has 0 aliphatic heterocycles. The molecular weight excluding hydrogens is 188 g/mol. The summed E-state index contributed by atoms with van der Waals surface area (Å²) in [6.45, 7) is 4.08. The molecule has 0 heterocycles. The van der Waals surface area contributed by atoms with E-state index in [1.807, 2.05) is 0 Å². The van der Waals surface area contributed by atoms with Gasteiger partial charge in [0.05, 0.1) is 0 Å². The van der Waals surface area contributed by atoms with Crippen molar-refractivity contribution in [2.24, 2.45) is 5.73 Å². The molecule has 0 aromatic heterocycles. The lowest BCUT2D eigenvalue weighted by atomic mass is 10.1. The van der Waals surface area contributed by atoms with E-state index < -0.39 is 0 Å². The first-order valence-corrected chi connectivity index (χ1v) is 6.18. The van der Waals surface area contributed by atoms with Crippen LogP contribution in [0, 0.1) is 0 Å². The van der Waals surface area contributed by atoms with Gasteiger partial charge in [0.25, 0.3) is 0 Å². The van der Waals surface area contributed by atoms with Crippen LogP contribution in [0.5, 0.6) is 0 Å². The van der Waals surface area contributed by atoms with Crippen molar-refractivity contribution >= 4 is 0 Å². The Bertz CT molecular complexity index is 120. The lowest BCUT2D eigenvalue weighted by Crippen LogP contribution is -2.21. The number of rotatable bonds is 11. The van der Waals surface area contributed by atoms with Crippen LogP contribution in [0.4, 0.5) is 0 Å². The normalized spacial score (nSPS) is 11.2. The van der Waals surface area contributed by atoms with E-state index in [-0.39, 0.29) is 0 Å². The minimum Gasteiger partial charge on any atom is -0.385 e. The molecule has 2 N–H and O–H groups in total. The average molecular weight is 216 g/mol. The molecule has 0 amide bonds. The van der Waals surface area contributed by atoms with Gasteiger partial charge in [-0.25, -0.2) is 0 Å². The number of methoxy groups -OCH3 is 1. The van der Waals surface area contributed by atoms with E-state index in [9.17, 15) is 0 Å². The van der Waals surface area contributed by atoms with Crippen molar-refractivity contribution in [2.75, 3.05) is 40.4 Å². The monoisotopic (exact) mass is 216 g/mol. The highest BCUT2D eigenvalue weighted by atomic mass is 16.5. The Labute approximate surface area is 95.0 Å². The highest BCUT2D eigenvalue weighted by molar-refractivity contribution is 4.53. The predicted octanol–water partition coefficient (Wildman–Crippen LogP) is 1.86. The zero-order chi connectivity index (χ0) is 11.4. The van der Waals surface area contributed by atoms with Gasteiger partial charge in [-0.05, 0) is 39.4 Å². The summed E-state index contributed by atoms with van der Waals surface area (Å²) in [7, 11) is 3.95. The minimum absolute atomic E-state index is 0.844. The van der Waals surface area contributed by atoms with E-state index in [1.165, 1.54) is 38.6 Å². The molecule has 3 nitrogen and oxygen atoms in total. The quantitative estimate of drug-likeness (QED) is 0.536. The fourth-order valence-corrected chi connectivity index (χ4v) is 1.65. The smallest absolute Gasteiger partial charge is 0.0474 e. The maximum atomic E-state index is 5.44. The summed E-state index contributed by atoms with van der Waals surface area (Å²) in [5, 5.41) is 0. The second-order valence-corrected chi connectivity index (χ2v) is 4.21. The Kier molecular flexibility index (Phi) is 11.9. The topological polar surface area (TPSA) is 38.5 Å². The molecular formula is C12H28N2O. The van der Waals surface area contributed by atoms with E-state index >= 15 is 0 Å².